The first-order valence-corrected chi connectivity index (χ1v) is 10.0. The lowest BCUT2D eigenvalue weighted by atomic mass is 9.93. The molecule has 0 bridgehead atoms. The molecular formula is C22H24O10. The fraction of sp³-hybridized carbons (Fsp3) is 0.409. The molecule has 172 valence electrons. The van der Waals surface area contributed by atoms with Gasteiger partial charge in [0.15, 0.2) is 0 Å². The third kappa shape index (κ3) is 4.10. The van der Waals surface area contributed by atoms with Gasteiger partial charge in [0.25, 0.3) is 0 Å². The molecule has 0 spiro atoms. The molecule has 2 aliphatic heterocycles. The van der Waals surface area contributed by atoms with Crippen LogP contribution in [0, 0.1) is 0 Å². The number of aliphatic hydroxyl groups excluding tert-OH is 4. The Hall–Kier alpha value is -2.89. The van der Waals surface area contributed by atoms with Gasteiger partial charge in [0.1, 0.15) is 53.3 Å². The van der Waals surface area contributed by atoms with E-state index in [1.165, 1.54) is 6.07 Å². The summed E-state index contributed by atoms with van der Waals surface area (Å²) >= 11 is 0. The number of phenolic OH excluding ortho intramolecular Hbond substituents is 1. The molecule has 2 heterocycles. The molecule has 10 nitrogen and oxygen atoms in total. The summed E-state index contributed by atoms with van der Waals surface area (Å²) in [6.07, 6.45) is -7.90. The minimum atomic E-state index is -1.67. The highest BCUT2D eigenvalue weighted by molar-refractivity contribution is 5.95. The number of aromatic hydroxyl groups is 1. The molecule has 0 aromatic heterocycles. The highest BCUT2D eigenvalue weighted by Crippen LogP contribution is 2.39. The Morgan fingerprint density at radius 2 is 1.78 bits per heavy atom. The van der Waals surface area contributed by atoms with Crippen LogP contribution in [0.1, 0.15) is 27.6 Å². The average molecular weight is 448 g/mol. The van der Waals surface area contributed by atoms with Gasteiger partial charge in [-0.05, 0) is 29.3 Å². The number of fused-ring (bicyclic) bond motifs is 1. The summed E-state index contributed by atoms with van der Waals surface area (Å²) in [6.45, 7) is -0.630. The maximum absolute atomic E-state index is 12.8. The van der Waals surface area contributed by atoms with Crippen LogP contribution in [-0.2, 0) is 15.9 Å². The van der Waals surface area contributed by atoms with Crippen molar-refractivity contribution in [2.75, 3.05) is 13.7 Å². The maximum Gasteiger partial charge on any atom is 0.342 e. The zero-order valence-electron chi connectivity index (χ0n) is 17.1. The summed E-state index contributed by atoms with van der Waals surface area (Å²) in [7, 11) is 1.55. The Morgan fingerprint density at radius 3 is 2.44 bits per heavy atom. The van der Waals surface area contributed by atoms with Crippen molar-refractivity contribution in [3.8, 4) is 17.2 Å². The summed E-state index contributed by atoms with van der Waals surface area (Å²) in [5.74, 6) is -0.357. The van der Waals surface area contributed by atoms with Crippen LogP contribution in [-0.4, -0.2) is 75.9 Å². The van der Waals surface area contributed by atoms with Gasteiger partial charge in [-0.3, -0.25) is 0 Å². The molecule has 1 saturated heterocycles. The first-order chi connectivity index (χ1) is 15.3. The molecule has 2 aromatic carbocycles. The molecule has 10 heteroatoms. The molecule has 2 aromatic rings. The van der Waals surface area contributed by atoms with Crippen LogP contribution in [0.3, 0.4) is 0 Å². The summed E-state index contributed by atoms with van der Waals surface area (Å²) in [6, 6.07) is 9.62. The first kappa shape index (κ1) is 22.3. The average Bonchev–Trinajstić information content (AvgIpc) is 2.78. The second-order valence-corrected chi connectivity index (χ2v) is 7.66. The third-order valence-electron chi connectivity index (χ3n) is 5.61. The van der Waals surface area contributed by atoms with Gasteiger partial charge in [-0.15, -0.1) is 0 Å². The number of cyclic esters (lactones) is 1. The topological polar surface area (TPSA) is 155 Å². The van der Waals surface area contributed by atoms with Gasteiger partial charge in [-0.25, -0.2) is 4.79 Å². The van der Waals surface area contributed by atoms with E-state index in [1.807, 2.05) is 0 Å². The smallest absolute Gasteiger partial charge is 0.342 e. The van der Waals surface area contributed by atoms with Crippen molar-refractivity contribution in [3.63, 3.8) is 0 Å². The van der Waals surface area contributed by atoms with Crippen molar-refractivity contribution in [2.45, 2.75) is 43.2 Å². The minimum absolute atomic E-state index is 0.0459. The van der Waals surface area contributed by atoms with E-state index < -0.39 is 49.4 Å². The summed E-state index contributed by atoms with van der Waals surface area (Å²) < 4.78 is 21.7. The van der Waals surface area contributed by atoms with E-state index in [9.17, 15) is 30.3 Å². The van der Waals surface area contributed by atoms with Crippen molar-refractivity contribution < 1.29 is 49.3 Å². The zero-order valence-corrected chi connectivity index (χ0v) is 17.1. The van der Waals surface area contributed by atoms with Gasteiger partial charge in [-0.1, -0.05) is 12.1 Å². The van der Waals surface area contributed by atoms with Crippen molar-refractivity contribution in [1.82, 2.24) is 0 Å². The molecule has 32 heavy (non-hydrogen) atoms. The quantitative estimate of drug-likeness (QED) is 0.396. The number of rotatable bonds is 5. The van der Waals surface area contributed by atoms with Crippen LogP contribution >= 0.6 is 0 Å². The van der Waals surface area contributed by atoms with E-state index in [0.29, 0.717) is 11.3 Å². The molecule has 2 aliphatic rings. The van der Waals surface area contributed by atoms with Crippen LogP contribution < -0.4 is 9.47 Å². The monoisotopic (exact) mass is 448 g/mol. The van der Waals surface area contributed by atoms with Gasteiger partial charge in [0, 0.05) is 12.5 Å². The highest BCUT2D eigenvalue weighted by Gasteiger charge is 2.45. The van der Waals surface area contributed by atoms with Crippen molar-refractivity contribution in [1.29, 1.82) is 0 Å². The lowest BCUT2D eigenvalue weighted by Gasteiger charge is -2.40. The van der Waals surface area contributed by atoms with E-state index in [0.717, 1.165) is 11.6 Å². The SMILES string of the molecule is COc1ccc([C@H]2Cc3cc(O)cc(O[C@H]4O[C@H](CO)[C@@H](O)[C@H](O)[C@H]4O)c3C(=O)O2)cc1. The molecular weight excluding hydrogens is 424 g/mol. The van der Waals surface area contributed by atoms with Gasteiger partial charge in [0.05, 0.1) is 13.7 Å². The van der Waals surface area contributed by atoms with Crippen LogP contribution in [0.5, 0.6) is 17.2 Å². The standard InChI is InChI=1S/C22H24O10/c1-29-13-4-2-10(3-5-13)14-7-11-6-12(24)8-15(17(11)21(28)30-14)31-22-20(27)19(26)18(25)16(9-23)32-22/h2-6,8,14,16,18-20,22-27H,7,9H2,1H3/t14-,16-,18-,19+,20-,22+/m1/s1. The number of carbonyl (C=O) groups is 1. The number of hydrogen-bond donors (Lipinski definition) is 5. The van der Waals surface area contributed by atoms with Gasteiger partial charge < -0.3 is 44.5 Å². The molecule has 5 N–H and O–H groups in total. The van der Waals surface area contributed by atoms with Crippen LogP contribution in [0.4, 0.5) is 0 Å². The lowest BCUT2D eigenvalue weighted by Crippen LogP contribution is -2.60. The Bertz CT molecular complexity index is 973. The summed E-state index contributed by atoms with van der Waals surface area (Å²) in [4.78, 5) is 12.8. The second kappa shape index (κ2) is 8.93. The molecule has 6 atom stereocenters. The fourth-order valence-corrected chi connectivity index (χ4v) is 3.87. The molecule has 0 radical (unpaired) electrons. The number of phenols is 1. The van der Waals surface area contributed by atoms with E-state index >= 15 is 0 Å². The Balaban J connectivity index is 1.61. The van der Waals surface area contributed by atoms with Crippen molar-refractivity contribution in [3.05, 3.63) is 53.1 Å². The summed E-state index contributed by atoms with van der Waals surface area (Å²) in [5, 5.41) is 49.6. The predicted molar refractivity (Wildman–Crippen MR) is 107 cm³/mol. The molecule has 0 saturated carbocycles. The van der Waals surface area contributed by atoms with Crippen LogP contribution in [0.2, 0.25) is 0 Å². The molecule has 1 fully saturated rings. The van der Waals surface area contributed by atoms with Crippen LogP contribution in [0.15, 0.2) is 36.4 Å². The maximum atomic E-state index is 12.8. The van der Waals surface area contributed by atoms with E-state index in [2.05, 4.69) is 0 Å². The number of aliphatic hydroxyl groups is 4. The number of ether oxygens (including phenoxy) is 4. The number of methoxy groups -OCH3 is 1. The van der Waals surface area contributed by atoms with Crippen molar-refractivity contribution >= 4 is 5.97 Å². The summed E-state index contributed by atoms with van der Waals surface area (Å²) in [5.41, 5.74) is 1.25. The van der Waals surface area contributed by atoms with E-state index in [-0.39, 0.29) is 23.5 Å². The Labute approximate surface area is 183 Å². The Kier molecular flexibility index (Phi) is 6.22. The Morgan fingerprint density at radius 1 is 1.06 bits per heavy atom. The second-order valence-electron chi connectivity index (χ2n) is 7.66. The molecule has 4 rings (SSSR count). The normalized spacial score (nSPS) is 29.7. The van der Waals surface area contributed by atoms with E-state index in [1.54, 1.807) is 31.4 Å². The van der Waals surface area contributed by atoms with Gasteiger partial charge in [-0.2, -0.15) is 0 Å². The molecule has 0 aliphatic carbocycles. The number of esters is 1. The van der Waals surface area contributed by atoms with E-state index in [4.69, 9.17) is 18.9 Å². The minimum Gasteiger partial charge on any atom is -0.508 e. The number of hydrogen-bond acceptors (Lipinski definition) is 10. The predicted octanol–water partition coefficient (Wildman–Crippen LogP) is 0.0337. The largest absolute Gasteiger partial charge is 0.508 e. The van der Waals surface area contributed by atoms with Crippen molar-refractivity contribution in [2.24, 2.45) is 0 Å². The fourth-order valence-electron chi connectivity index (χ4n) is 3.87. The van der Waals surface area contributed by atoms with Crippen LogP contribution in [0.25, 0.3) is 0 Å². The highest BCUT2D eigenvalue weighted by atomic mass is 16.7. The zero-order chi connectivity index (χ0) is 23.0. The number of carbonyl (C=O) groups excluding carboxylic acids is 1. The first-order valence-electron chi connectivity index (χ1n) is 10.0. The number of benzene rings is 2. The van der Waals surface area contributed by atoms with Gasteiger partial charge in [0.2, 0.25) is 6.29 Å². The van der Waals surface area contributed by atoms with Gasteiger partial charge >= 0.3 is 5.97 Å². The lowest BCUT2D eigenvalue weighted by molar-refractivity contribution is -0.277. The molecule has 0 amide bonds. The third-order valence-corrected chi connectivity index (χ3v) is 5.61. The molecule has 0 unspecified atom stereocenters.